The molecule has 1 N–H and O–H groups in total. The molecule has 0 amide bonds. The van der Waals surface area contributed by atoms with Crippen LogP contribution in [0.4, 0.5) is 0 Å². The van der Waals surface area contributed by atoms with Crippen molar-refractivity contribution >= 4 is 0 Å². The van der Waals surface area contributed by atoms with Crippen molar-refractivity contribution in [2.24, 2.45) is 5.92 Å². The number of rotatable bonds is 4. The van der Waals surface area contributed by atoms with Gasteiger partial charge >= 0.3 is 0 Å². The maximum absolute atomic E-state index is 5.34. The number of hydrogen-bond acceptors (Lipinski definition) is 4. The predicted molar refractivity (Wildman–Crippen MR) is 78.5 cm³/mol. The molecule has 2 aromatic rings. The van der Waals surface area contributed by atoms with Gasteiger partial charge in [-0.25, -0.2) is 9.97 Å². The van der Waals surface area contributed by atoms with Crippen LogP contribution in [0.2, 0.25) is 0 Å². The molecular weight excluding hydrogens is 250 g/mol. The van der Waals surface area contributed by atoms with Gasteiger partial charge in [-0.3, -0.25) is 0 Å². The van der Waals surface area contributed by atoms with Gasteiger partial charge in [-0.2, -0.15) is 0 Å². The van der Waals surface area contributed by atoms with Gasteiger partial charge in [0.1, 0.15) is 5.76 Å². The molecule has 4 heteroatoms. The van der Waals surface area contributed by atoms with Crippen molar-refractivity contribution in [1.82, 2.24) is 15.3 Å². The highest BCUT2D eigenvalue weighted by molar-refractivity contribution is 5.57. The lowest BCUT2D eigenvalue weighted by Gasteiger charge is -2.24. The zero-order valence-corrected chi connectivity index (χ0v) is 12.1. The van der Waals surface area contributed by atoms with Crippen LogP contribution >= 0.6 is 0 Å². The summed E-state index contributed by atoms with van der Waals surface area (Å²) in [6.45, 7) is 6.24. The second-order valence-corrected chi connectivity index (χ2v) is 5.47. The first-order chi connectivity index (χ1) is 9.78. The topological polar surface area (TPSA) is 51.0 Å². The van der Waals surface area contributed by atoms with Crippen LogP contribution in [0, 0.1) is 12.8 Å². The van der Waals surface area contributed by atoms with Crippen LogP contribution in [0.3, 0.4) is 0 Å². The lowest BCUT2D eigenvalue weighted by atomic mass is 9.87. The summed E-state index contributed by atoms with van der Waals surface area (Å²) < 4.78 is 5.34. The Hall–Kier alpha value is -1.68. The molecule has 2 heterocycles. The Bertz CT molecular complexity index is 591. The first-order valence-electron chi connectivity index (χ1n) is 7.38. The molecule has 1 aliphatic carbocycles. The van der Waals surface area contributed by atoms with Gasteiger partial charge < -0.3 is 9.73 Å². The Morgan fingerprint density at radius 3 is 3.10 bits per heavy atom. The number of aryl methyl sites for hydroxylation is 2. The molecular formula is C16H21N3O. The highest BCUT2D eigenvalue weighted by Crippen LogP contribution is 2.27. The van der Waals surface area contributed by atoms with Crippen LogP contribution in [-0.2, 0) is 12.8 Å². The Morgan fingerprint density at radius 1 is 1.45 bits per heavy atom. The van der Waals surface area contributed by atoms with Gasteiger partial charge in [0, 0.05) is 11.9 Å². The lowest BCUT2D eigenvalue weighted by molar-refractivity contribution is 0.424. The summed E-state index contributed by atoms with van der Waals surface area (Å²) >= 11 is 0. The number of hydrogen-bond donors (Lipinski definition) is 1. The first-order valence-corrected chi connectivity index (χ1v) is 7.38. The summed E-state index contributed by atoms with van der Waals surface area (Å²) in [5.74, 6) is 2.39. The van der Waals surface area contributed by atoms with Crippen LogP contribution in [-0.4, -0.2) is 23.1 Å². The van der Waals surface area contributed by atoms with Crippen LogP contribution in [0.25, 0.3) is 11.4 Å². The highest BCUT2D eigenvalue weighted by atomic mass is 16.3. The molecule has 0 spiro atoms. The second kappa shape index (κ2) is 5.75. The van der Waals surface area contributed by atoms with Crippen LogP contribution in [0.15, 0.2) is 22.9 Å². The number of furan rings is 1. The van der Waals surface area contributed by atoms with E-state index >= 15 is 0 Å². The Kier molecular flexibility index (Phi) is 3.83. The van der Waals surface area contributed by atoms with Crippen LogP contribution < -0.4 is 5.32 Å². The maximum Gasteiger partial charge on any atom is 0.162 e. The fourth-order valence-corrected chi connectivity index (χ4v) is 2.85. The Labute approximate surface area is 119 Å². The van der Waals surface area contributed by atoms with E-state index in [-0.39, 0.29) is 0 Å². The Balaban J connectivity index is 1.80. The molecule has 3 rings (SSSR count). The third-order valence-corrected chi connectivity index (χ3v) is 4.03. The molecule has 1 aliphatic rings. The molecule has 0 bridgehead atoms. The second-order valence-electron chi connectivity index (χ2n) is 5.47. The van der Waals surface area contributed by atoms with Crippen molar-refractivity contribution in [3.8, 4) is 11.4 Å². The van der Waals surface area contributed by atoms with Crippen molar-refractivity contribution < 1.29 is 4.42 Å². The predicted octanol–water partition coefficient (Wildman–Crippen LogP) is 2.76. The number of aromatic nitrogens is 2. The van der Waals surface area contributed by atoms with Crippen LogP contribution in [0.1, 0.15) is 30.4 Å². The zero-order chi connectivity index (χ0) is 13.9. The van der Waals surface area contributed by atoms with Crippen molar-refractivity contribution in [2.45, 2.75) is 33.1 Å². The minimum Gasteiger partial charge on any atom is -0.469 e. The van der Waals surface area contributed by atoms with Crippen molar-refractivity contribution in [3.05, 3.63) is 35.5 Å². The SMILES string of the molecule is CCNCC1CCc2nc(-c3ccoc3C)ncc2C1. The molecule has 0 fully saturated rings. The largest absolute Gasteiger partial charge is 0.469 e. The molecule has 0 aliphatic heterocycles. The summed E-state index contributed by atoms with van der Waals surface area (Å²) in [6.07, 6.45) is 7.05. The van der Waals surface area contributed by atoms with Gasteiger partial charge in [0.25, 0.3) is 0 Å². The van der Waals surface area contributed by atoms with Gasteiger partial charge in [-0.05, 0) is 56.8 Å². The van der Waals surface area contributed by atoms with E-state index in [1.165, 1.54) is 17.7 Å². The molecule has 1 unspecified atom stereocenters. The van der Waals surface area contributed by atoms with Crippen molar-refractivity contribution in [3.63, 3.8) is 0 Å². The van der Waals surface area contributed by atoms with Gasteiger partial charge in [0.15, 0.2) is 5.82 Å². The molecule has 20 heavy (non-hydrogen) atoms. The summed E-state index contributed by atoms with van der Waals surface area (Å²) in [4.78, 5) is 9.26. The van der Waals surface area contributed by atoms with E-state index < -0.39 is 0 Å². The average molecular weight is 271 g/mol. The van der Waals surface area contributed by atoms with E-state index in [0.29, 0.717) is 5.92 Å². The molecule has 2 aromatic heterocycles. The summed E-state index contributed by atoms with van der Waals surface area (Å²) in [7, 11) is 0. The van der Waals surface area contributed by atoms with Crippen LogP contribution in [0.5, 0.6) is 0 Å². The van der Waals surface area contributed by atoms with Crippen molar-refractivity contribution in [2.75, 3.05) is 13.1 Å². The first kappa shape index (κ1) is 13.3. The Morgan fingerprint density at radius 2 is 2.35 bits per heavy atom. The third-order valence-electron chi connectivity index (χ3n) is 4.03. The quantitative estimate of drug-likeness (QED) is 0.929. The van der Waals surface area contributed by atoms with Gasteiger partial charge in [-0.1, -0.05) is 6.92 Å². The summed E-state index contributed by atoms with van der Waals surface area (Å²) in [6, 6.07) is 1.94. The average Bonchev–Trinajstić information content (AvgIpc) is 2.90. The minimum atomic E-state index is 0.715. The molecule has 0 saturated carbocycles. The van der Waals surface area contributed by atoms with E-state index in [2.05, 4.69) is 17.2 Å². The molecule has 106 valence electrons. The highest BCUT2D eigenvalue weighted by Gasteiger charge is 2.21. The summed E-state index contributed by atoms with van der Waals surface area (Å²) in [5, 5.41) is 3.44. The normalized spacial score (nSPS) is 18.0. The van der Waals surface area contributed by atoms with E-state index in [1.54, 1.807) is 6.26 Å². The smallest absolute Gasteiger partial charge is 0.162 e. The monoisotopic (exact) mass is 271 g/mol. The van der Waals surface area contributed by atoms with E-state index in [9.17, 15) is 0 Å². The molecule has 1 atom stereocenters. The van der Waals surface area contributed by atoms with Gasteiger partial charge in [-0.15, -0.1) is 0 Å². The van der Waals surface area contributed by atoms with E-state index in [4.69, 9.17) is 9.40 Å². The fourth-order valence-electron chi connectivity index (χ4n) is 2.85. The van der Waals surface area contributed by atoms with Gasteiger partial charge in [0.2, 0.25) is 0 Å². The standard InChI is InChI=1S/C16H21N3O/c1-3-17-9-12-4-5-15-13(8-12)10-18-16(19-15)14-6-7-20-11(14)2/h6-7,10,12,17H,3-5,8-9H2,1-2H3. The molecule has 0 aromatic carbocycles. The molecule has 0 saturated heterocycles. The fraction of sp³-hybridized carbons (Fsp3) is 0.500. The third kappa shape index (κ3) is 2.61. The maximum atomic E-state index is 5.34. The molecule has 0 radical (unpaired) electrons. The number of nitrogens with zero attached hydrogens (tertiary/aromatic N) is 2. The van der Waals surface area contributed by atoms with Crippen molar-refractivity contribution in [1.29, 1.82) is 0 Å². The lowest BCUT2D eigenvalue weighted by Crippen LogP contribution is -2.27. The van der Waals surface area contributed by atoms with E-state index in [1.807, 2.05) is 19.2 Å². The zero-order valence-electron chi connectivity index (χ0n) is 12.1. The molecule has 4 nitrogen and oxygen atoms in total. The minimum absolute atomic E-state index is 0.715. The number of fused-ring (bicyclic) bond motifs is 1. The van der Waals surface area contributed by atoms with Gasteiger partial charge in [0.05, 0.1) is 11.8 Å². The van der Waals surface area contributed by atoms with E-state index in [0.717, 1.165) is 43.1 Å². The number of nitrogens with one attached hydrogen (secondary N) is 1. The summed E-state index contributed by atoms with van der Waals surface area (Å²) in [5.41, 5.74) is 3.52.